The molecule has 17 heavy (non-hydrogen) atoms. The van der Waals surface area contributed by atoms with Crippen molar-refractivity contribution < 1.29 is 0 Å². The van der Waals surface area contributed by atoms with Crippen LogP contribution in [0.2, 0.25) is 0 Å². The fourth-order valence-corrected chi connectivity index (χ4v) is 2.36. The fraction of sp³-hybridized carbons (Fsp3) is 0.533. The molecule has 2 nitrogen and oxygen atoms in total. The first kappa shape index (κ1) is 13.7. The second-order valence-corrected chi connectivity index (χ2v) is 4.60. The summed E-state index contributed by atoms with van der Waals surface area (Å²) in [4.78, 5) is 4.52. The lowest BCUT2D eigenvalue weighted by Crippen LogP contribution is -2.30. The maximum absolute atomic E-state index is 5.48. The van der Waals surface area contributed by atoms with Crippen LogP contribution in [0.15, 0.2) is 6.07 Å². The van der Waals surface area contributed by atoms with Crippen molar-refractivity contribution in [2.24, 2.45) is 0 Å². The van der Waals surface area contributed by atoms with Crippen LogP contribution in [-0.4, -0.2) is 11.0 Å². The summed E-state index contributed by atoms with van der Waals surface area (Å²) in [6.07, 6.45) is 6.42. The number of aryl methyl sites for hydroxylation is 3. The third-order valence-corrected chi connectivity index (χ3v) is 3.08. The van der Waals surface area contributed by atoms with E-state index in [1.807, 2.05) is 6.92 Å². The lowest BCUT2D eigenvalue weighted by molar-refractivity contribution is 0.507. The lowest BCUT2D eigenvalue weighted by atomic mass is 9.99. The highest BCUT2D eigenvalue weighted by Gasteiger charge is 2.15. The molecule has 0 saturated heterocycles. The van der Waals surface area contributed by atoms with E-state index in [2.05, 4.69) is 50.0 Å². The minimum atomic E-state index is 0.130. The number of aromatic nitrogens is 1. The standard InChI is InChI=1S/C15H22N2/c1-7-14(8-2)17-13(6)15-10(3)9-11(4)16-12(15)5/h1,9,13-14,17H,8H2,2-6H3. The molecular weight excluding hydrogens is 208 g/mol. The normalized spacial score (nSPS) is 14.1. The van der Waals surface area contributed by atoms with Crippen molar-refractivity contribution in [1.29, 1.82) is 0 Å². The number of hydrogen-bond donors (Lipinski definition) is 1. The first-order valence-electron chi connectivity index (χ1n) is 6.16. The number of nitrogens with one attached hydrogen (secondary N) is 1. The summed E-state index contributed by atoms with van der Waals surface area (Å²) in [6, 6.07) is 2.49. The Bertz CT molecular complexity index is 406. The molecule has 2 unspecified atom stereocenters. The third-order valence-electron chi connectivity index (χ3n) is 3.08. The zero-order valence-corrected chi connectivity index (χ0v) is 11.5. The molecule has 0 radical (unpaired) electrons. The van der Waals surface area contributed by atoms with Gasteiger partial charge in [-0.2, -0.15) is 0 Å². The number of rotatable bonds is 4. The van der Waals surface area contributed by atoms with E-state index in [4.69, 9.17) is 6.42 Å². The Morgan fingerprint density at radius 2 is 2.06 bits per heavy atom. The molecule has 0 aliphatic heterocycles. The van der Waals surface area contributed by atoms with Gasteiger partial charge in [0.1, 0.15) is 0 Å². The van der Waals surface area contributed by atoms with Gasteiger partial charge in [-0.05, 0) is 51.3 Å². The van der Waals surface area contributed by atoms with Gasteiger partial charge in [-0.3, -0.25) is 10.3 Å². The minimum absolute atomic E-state index is 0.130. The molecule has 0 bridgehead atoms. The molecule has 0 spiro atoms. The van der Waals surface area contributed by atoms with E-state index in [1.54, 1.807) is 0 Å². The SMILES string of the molecule is C#CC(CC)NC(C)c1c(C)cc(C)nc1C. The Balaban J connectivity index is 2.97. The van der Waals surface area contributed by atoms with Gasteiger partial charge in [0.2, 0.25) is 0 Å². The number of nitrogens with zero attached hydrogens (tertiary/aromatic N) is 1. The first-order chi connectivity index (χ1) is 7.99. The van der Waals surface area contributed by atoms with Crippen LogP contribution in [0.4, 0.5) is 0 Å². The molecule has 2 heteroatoms. The van der Waals surface area contributed by atoms with Crippen LogP contribution in [0.1, 0.15) is 48.8 Å². The first-order valence-corrected chi connectivity index (χ1v) is 6.16. The van der Waals surface area contributed by atoms with Crippen LogP contribution < -0.4 is 5.32 Å². The third kappa shape index (κ3) is 3.31. The molecule has 2 atom stereocenters. The Kier molecular flexibility index (Phi) is 4.72. The van der Waals surface area contributed by atoms with Gasteiger partial charge in [-0.15, -0.1) is 6.42 Å². The molecule has 92 valence electrons. The van der Waals surface area contributed by atoms with Gasteiger partial charge < -0.3 is 0 Å². The van der Waals surface area contributed by atoms with Crippen molar-refractivity contribution in [3.8, 4) is 12.3 Å². The van der Waals surface area contributed by atoms with Gasteiger partial charge in [0.15, 0.2) is 0 Å². The molecule has 1 rings (SSSR count). The van der Waals surface area contributed by atoms with Crippen LogP contribution in [0, 0.1) is 33.1 Å². The van der Waals surface area contributed by atoms with Gasteiger partial charge in [0, 0.05) is 17.4 Å². The molecule has 0 aromatic carbocycles. The molecule has 1 aromatic rings. The van der Waals surface area contributed by atoms with E-state index in [0.717, 1.165) is 17.8 Å². The second-order valence-electron chi connectivity index (χ2n) is 4.60. The fourth-order valence-electron chi connectivity index (χ4n) is 2.36. The second kappa shape index (κ2) is 5.84. The van der Waals surface area contributed by atoms with Gasteiger partial charge in [0.25, 0.3) is 0 Å². The Labute approximate surface area is 105 Å². The summed E-state index contributed by atoms with van der Waals surface area (Å²) in [6.45, 7) is 10.5. The van der Waals surface area contributed by atoms with E-state index in [1.165, 1.54) is 11.1 Å². The minimum Gasteiger partial charge on any atom is -0.297 e. The predicted octanol–water partition coefficient (Wildman–Crippen LogP) is 3.07. The van der Waals surface area contributed by atoms with E-state index in [-0.39, 0.29) is 12.1 Å². The number of terminal acetylenes is 1. The highest BCUT2D eigenvalue weighted by Crippen LogP contribution is 2.21. The molecule has 0 aliphatic carbocycles. The maximum Gasteiger partial charge on any atom is 0.0688 e. The Morgan fingerprint density at radius 1 is 1.41 bits per heavy atom. The topological polar surface area (TPSA) is 24.9 Å². The molecule has 0 aliphatic rings. The summed E-state index contributed by atoms with van der Waals surface area (Å²) < 4.78 is 0. The van der Waals surface area contributed by atoms with Gasteiger partial charge in [0.05, 0.1) is 6.04 Å². The van der Waals surface area contributed by atoms with Crippen LogP contribution in [0.3, 0.4) is 0 Å². The van der Waals surface area contributed by atoms with Gasteiger partial charge in [-0.1, -0.05) is 12.8 Å². The van der Waals surface area contributed by atoms with E-state index >= 15 is 0 Å². The van der Waals surface area contributed by atoms with Crippen LogP contribution in [0.25, 0.3) is 0 Å². The van der Waals surface area contributed by atoms with Gasteiger partial charge >= 0.3 is 0 Å². The van der Waals surface area contributed by atoms with Crippen LogP contribution in [0.5, 0.6) is 0 Å². The predicted molar refractivity (Wildman–Crippen MR) is 72.9 cm³/mol. The summed E-state index contributed by atoms with van der Waals surface area (Å²) in [5.41, 5.74) is 4.71. The summed E-state index contributed by atoms with van der Waals surface area (Å²) in [5.74, 6) is 2.77. The number of hydrogen-bond acceptors (Lipinski definition) is 2. The van der Waals surface area contributed by atoms with Crippen molar-refractivity contribution in [3.05, 3.63) is 28.6 Å². The summed E-state index contributed by atoms with van der Waals surface area (Å²) in [7, 11) is 0. The largest absolute Gasteiger partial charge is 0.297 e. The van der Waals surface area contributed by atoms with Gasteiger partial charge in [-0.25, -0.2) is 0 Å². The highest BCUT2D eigenvalue weighted by atomic mass is 14.9. The average Bonchev–Trinajstić information content (AvgIpc) is 2.24. The van der Waals surface area contributed by atoms with E-state index in [0.29, 0.717) is 0 Å². The van der Waals surface area contributed by atoms with E-state index in [9.17, 15) is 0 Å². The average molecular weight is 230 g/mol. The molecule has 1 N–H and O–H groups in total. The molecule has 0 amide bonds. The van der Waals surface area contributed by atoms with Crippen LogP contribution >= 0.6 is 0 Å². The zero-order chi connectivity index (χ0) is 13.0. The molecule has 1 heterocycles. The van der Waals surface area contributed by atoms with Crippen molar-refractivity contribution in [2.75, 3.05) is 0 Å². The zero-order valence-electron chi connectivity index (χ0n) is 11.5. The van der Waals surface area contributed by atoms with E-state index < -0.39 is 0 Å². The lowest BCUT2D eigenvalue weighted by Gasteiger charge is -2.22. The van der Waals surface area contributed by atoms with Crippen molar-refractivity contribution in [2.45, 2.75) is 53.1 Å². The monoisotopic (exact) mass is 230 g/mol. The molecular formula is C15H22N2. The van der Waals surface area contributed by atoms with Crippen molar-refractivity contribution in [3.63, 3.8) is 0 Å². The summed E-state index contributed by atoms with van der Waals surface area (Å²) in [5, 5.41) is 3.46. The maximum atomic E-state index is 5.48. The molecule has 0 saturated carbocycles. The number of pyridine rings is 1. The summed E-state index contributed by atoms with van der Waals surface area (Å²) >= 11 is 0. The molecule has 0 fully saturated rings. The highest BCUT2D eigenvalue weighted by molar-refractivity contribution is 5.33. The Hall–Kier alpha value is -1.33. The van der Waals surface area contributed by atoms with Crippen LogP contribution in [-0.2, 0) is 0 Å². The Morgan fingerprint density at radius 3 is 2.53 bits per heavy atom. The molecule has 1 aromatic heterocycles. The van der Waals surface area contributed by atoms with Crippen molar-refractivity contribution in [1.82, 2.24) is 10.3 Å². The van der Waals surface area contributed by atoms with Crippen molar-refractivity contribution >= 4 is 0 Å². The quantitative estimate of drug-likeness (QED) is 0.804. The smallest absolute Gasteiger partial charge is 0.0688 e.